The third kappa shape index (κ3) is 2.51. The van der Waals surface area contributed by atoms with Crippen LogP contribution < -0.4 is 10.1 Å². The van der Waals surface area contributed by atoms with Gasteiger partial charge < -0.3 is 10.1 Å². The van der Waals surface area contributed by atoms with E-state index < -0.39 is 5.91 Å². The van der Waals surface area contributed by atoms with Crippen molar-refractivity contribution in [2.45, 2.75) is 6.92 Å². The van der Waals surface area contributed by atoms with Gasteiger partial charge in [0.05, 0.1) is 18.5 Å². The molecule has 1 amide bonds. The maximum Gasteiger partial charge on any atom is 0.316 e. The van der Waals surface area contributed by atoms with E-state index >= 15 is 0 Å². The summed E-state index contributed by atoms with van der Waals surface area (Å²) in [5.41, 5.74) is 0.289. The summed E-state index contributed by atoms with van der Waals surface area (Å²) in [6.45, 7) is 1.47. The van der Waals surface area contributed by atoms with Crippen LogP contribution in [0.3, 0.4) is 0 Å². The molecule has 0 aromatic carbocycles. The molecule has 0 spiro atoms. The molecule has 1 aromatic heterocycles. The van der Waals surface area contributed by atoms with Gasteiger partial charge in [-0.1, -0.05) is 0 Å². The van der Waals surface area contributed by atoms with E-state index in [4.69, 9.17) is 10.1 Å². The molecule has 1 heterocycles. The van der Waals surface area contributed by atoms with E-state index in [-0.39, 0.29) is 17.4 Å². The second-order valence-corrected chi connectivity index (χ2v) is 2.54. The minimum Gasteiger partial charge on any atom is -0.467 e. The number of hydrogen-bond acceptors (Lipinski definition) is 5. The lowest BCUT2D eigenvalue weighted by atomic mass is 10.3. The maximum atomic E-state index is 11.3. The summed E-state index contributed by atoms with van der Waals surface area (Å²) < 4.78 is 4.73. The normalized spacial score (nSPS) is 9.29. The van der Waals surface area contributed by atoms with Crippen LogP contribution in [0.5, 0.6) is 6.01 Å². The van der Waals surface area contributed by atoms with Gasteiger partial charge in [0.2, 0.25) is 0 Å². The molecule has 0 atom stereocenters. The summed E-state index contributed by atoms with van der Waals surface area (Å²) in [4.78, 5) is 18.8. The number of methoxy groups -OCH3 is 1. The van der Waals surface area contributed by atoms with E-state index in [2.05, 4.69) is 15.3 Å². The number of nitrogens with zero attached hydrogens (tertiary/aromatic N) is 2. The Kier molecular flexibility index (Phi) is 3.11. The zero-order valence-electron chi connectivity index (χ0n) is 7.87. The van der Waals surface area contributed by atoms with Crippen molar-refractivity contribution in [3.8, 4) is 6.01 Å². The number of amidine groups is 1. The number of carbonyl (C=O) groups is 1. The molecular weight excluding hydrogens is 184 g/mol. The highest BCUT2D eigenvalue weighted by molar-refractivity contribution is 6.04. The van der Waals surface area contributed by atoms with Gasteiger partial charge in [0.15, 0.2) is 0 Å². The lowest BCUT2D eigenvalue weighted by molar-refractivity contribution is 0.0976. The summed E-state index contributed by atoms with van der Waals surface area (Å²) in [5.74, 6) is -0.328. The van der Waals surface area contributed by atoms with Gasteiger partial charge in [-0.05, 0) is 6.92 Å². The van der Waals surface area contributed by atoms with Crippen LogP contribution in [0.15, 0.2) is 12.4 Å². The largest absolute Gasteiger partial charge is 0.467 e. The van der Waals surface area contributed by atoms with Gasteiger partial charge >= 0.3 is 6.01 Å². The van der Waals surface area contributed by atoms with Crippen molar-refractivity contribution in [3.05, 3.63) is 18.0 Å². The van der Waals surface area contributed by atoms with Crippen LogP contribution >= 0.6 is 0 Å². The van der Waals surface area contributed by atoms with Gasteiger partial charge in [0.1, 0.15) is 0 Å². The molecular formula is C8H10N4O2. The molecule has 14 heavy (non-hydrogen) atoms. The Balaban J connectivity index is 2.76. The molecule has 1 aromatic rings. The molecule has 6 nitrogen and oxygen atoms in total. The van der Waals surface area contributed by atoms with Crippen LogP contribution in [-0.2, 0) is 0 Å². The van der Waals surface area contributed by atoms with Gasteiger partial charge in [-0.25, -0.2) is 9.97 Å². The fraction of sp³-hybridized carbons (Fsp3) is 0.250. The molecule has 74 valence electrons. The number of rotatable bonds is 2. The highest BCUT2D eigenvalue weighted by atomic mass is 16.5. The highest BCUT2D eigenvalue weighted by Gasteiger charge is 2.06. The lowest BCUT2D eigenvalue weighted by Crippen LogP contribution is -2.27. The predicted octanol–water partition coefficient (Wildman–Crippen LogP) is 0.212. The maximum absolute atomic E-state index is 11.3. The van der Waals surface area contributed by atoms with Gasteiger partial charge in [-0.2, -0.15) is 0 Å². The van der Waals surface area contributed by atoms with Crippen LogP contribution in [0.25, 0.3) is 0 Å². The van der Waals surface area contributed by atoms with Crippen LogP contribution in [0.1, 0.15) is 17.3 Å². The highest BCUT2D eigenvalue weighted by Crippen LogP contribution is 2.01. The molecule has 0 aliphatic rings. The minimum atomic E-state index is -0.403. The van der Waals surface area contributed by atoms with Gasteiger partial charge in [0, 0.05) is 12.4 Å². The van der Waals surface area contributed by atoms with E-state index in [9.17, 15) is 4.79 Å². The molecule has 0 saturated carbocycles. The average molecular weight is 194 g/mol. The van der Waals surface area contributed by atoms with Crippen molar-refractivity contribution in [2.75, 3.05) is 7.11 Å². The standard InChI is InChI=1S/C8H10N4O2/c1-5(9)12-7(13)6-3-10-8(14-2)11-4-6/h3-4H,1-2H3,(H2,9,12,13). The number of ether oxygens (including phenoxy) is 1. The zero-order chi connectivity index (χ0) is 10.6. The Bertz CT molecular complexity index is 347. The molecule has 1 rings (SSSR count). The third-order valence-corrected chi connectivity index (χ3v) is 1.37. The summed E-state index contributed by atoms with van der Waals surface area (Å²) in [6.07, 6.45) is 2.67. The van der Waals surface area contributed by atoms with Crippen molar-refractivity contribution in [1.82, 2.24) is 15.3 Å². The summed E-state index contributed by atoms with van der Waals surface area (Å²) in [7, 11) is 1.44. The van der Waals surface area contributed by atoms with Crippen molar-refractivity contribution in [2.24, 2.45) is 0 Å². The fourth-order valence-corrected chi connectivity index (χ4v) is 0.781. The summed E-state index contributed by atoms with van der Waals surface area (Å²) in [5, 5.41) is 9.38. The lowest BCUT2D eigenvalue weighted by Gasteiger charge is -2.02. The molecule has 6 heteroatoms. The molecule has 0 radical (unpaired) electrons. The SMILES string of the molecule is COc1ncc(C(=O)NC(C)=N)cn1. The number of hydrogen-bond donors (Lipinski definition) is 2. The zero-order valence-corrected chi connectivity index (χ0v) is 7.87. The Morgan fingerprint density at radius 2 is 2.07 bits per heavy atom. The number of aromatic nitrogens is 2. The molecule has 0 aliphatic heterocycles. The molecule has 0 aliphatic carbocycles. The Labute approximate surface area is 80.8 Å². The summed E-state index contributed by atoms with van der Waals surface area (Å²) >= 11 is 0. The molecule has 0 fully saturated rings. The van der Waals surface area contributed by atoms with Crippen LogP contribution in [0.4, 0.5) is 0 Å². The van der Waals surface area contributed by atoms with Crippen LogP contribution in [-0.4, -0.2) is 28.8 Å². The number of nitrogens with one attached hydrogen (secondary N) is 2. The van der Waals surface area contributed by atoms with Crippen molar-refractivity contribution in [1.29, 1.82) is 5.41 Å². The van der Waals surface area contributed by atoms with Crippen molar-refractivity contribution >= 4 is 11.7 Å². The van der Waals surface area contributed by atoms with E-state index in [0.717, 1.165) is 0 Å². The second kappa shape index (κ2) is 4.31. The monoisotopic (exact) mass is 194 g/mol. The number of amides is 1. The molecule has 0 unspecified atom stereocenters. The summed E-state index contributed by atoms with van der Waals surface area (Å²) in [6, 6.07) is 0.202. The second-order valence-electron chi connectivity index (χ2n) is 2.54. The predicted molar refractivity (Wildman–Crippen MR) is 49.5 cm³/mol. The Morgan fingerprint density at radius 3 is 2.50 bits per heavy atom. The first kappa shape index (κ1) is 10.1. The van der Waals surface area contributed by atoms with Gasteiger partial charge in [-0.3, -0.25) is 10.2 Å². The van der Waals surface area contributed by atoms with E-state index in [1.807, 2.05) is 0 Å². The van der Waals surface area contributed by atoms with E-state index in [1.165, 1.54) is 26.4 Å². The van der Waals surface area contributed by atoms with Gasteiger partial charge in [-0.15, -0.1) is 0 Å². The topological polar surface area (TPSA) is 88.0 Å². The Hall–Kier alpha value is -1.98. The average Bonchev–Trinajstić information content (AvgIpc) is 2.17. The molecule has 0 bridgehead atoms. The smallest absolute Gasteiger partial charge is 0.316 e. The fourth-order valence-electron chi connectivity index (χ4n) is 0.781. The third-order valence-electron chi connectivity index (χ3n) is 1.37. The van der Waals surface area contributed by atoms with E-state index in [0.29, 0.717) is 0 Å². The van der Waals surface area contributed by atoms with E-state index in [1.54, 1.807) is 0 Å². The first-order valence-electron chi connectivity index (χ1n) is 3.86. The first-order chi connectivity index (χ1) is 6.63. The van der Waals surface area contributed by atoms with Crippen LogP contribution in [0, 0.1) is 5.41 Å². The van der Waals surface area contributed by atoms with Gasteiger partial charge in [0.25, 0.3) is 5.91 Å². The molecule has 0 saturated heterocycles. The van der Waals surface area contributed by atoms with Crippen LogP contribution in [0.2, 0.25) is 0 Å². The van der Waals surface area contributed by atoms with Crippen molar-refractivity contribution in [3.63, 3.8) is 0 Å². The quantitative estimate of drug-likeness (QED) is 0.520. The number of carbonyl (C=O) groups excluding carboxylic acids is 1. The first-order valence-corrected chi connectivity index (χ1v) is 3.86. The van der Waals surface area contributed by atoms with Crippen molar-refractivity contribution < 1.29 is 9.53 Å². The molecule has 2 N–H and O–H groups in total. The Morgan fingerprint density at radius 1 is 1.50 bits per heavy atom. The minimum absolute atomic E-state index is 0.0748.